The van der Waals surface area contributed by atoms with Gasteiger partial charge in [-0.2, -0.15) is 10.5 Å². The fourth-order valence-electron chi connectivity index (χ4n) is 1.56. The van der Waals surface area contributed by atoms with Crippen LogP contribution < -0.4 is 0 Å². The predicted molar refractivity (Wildman–Crippen MR) is 67.7 cm³/mol. The number of aromatic carboxylic acids is 1. The van der Waals surface area contributed by atoms with Gasteiger partial charge in [-0.3, -0.25) is 4.57 Å². The number of imidazole rings is 1. The molecule has 0 aliphatic rings. The lowest BCUT2D eigenvalue weighted by Gasteiger charge is -2.07. The van der Waals surface area contributed by atoms with E-state index in [1.54, 1.807) is 0 Å². The lowest BCUT2D eigenvalue weighted by atomic mass is 10.2. The van der Waals surface area contributed by atoms with Crippen molar-refractivity contribution in [2.24, 2.45) is 0 Å². The Kier molecular flexibility index (Phi) is 3.32. The molecule has 19 heavy (non-hydrogen) atoms. The van der Waals surface area contributed by atoms with E-state index >= 15 is 0 Å². The molecule has 0 fully saturated rings. The Morgan fingerprint density at radius 2 is 2.11 bits per heavy atom. The van der Waals surface area contributed by atoms with Crippen LogP contribution in [0.3, 0.4) is 0 Å². The highest BCUT2D eigenvalue weighted by atomic mass is 79.9. The topological polar surface area (TPSA) is 103 Å². The van der Waals surface area contributed by atoms with Gasteiger partial charge in [-0.25, -0.2) is 9.78 Å². The van der Waals surface area contributed by atoms with Crippen molar-refractivity contribution in [1.82, 2.24) is 9.55 Å². The van der Waals surface area contributed by atoms with E-state index < -0.39 is 5.97 Å². The van der Waals surface area contributed by atoms with Crippen molar-refractivity contribution in [3.8, 4) is 17.8 Å². The Hall–Kier alpha value is -2.64. The third-order valence-electron chi connectivity index (χ3n) is 2.43. The molecule has 0 saturated heterocycles. The third kappa shape index (κ3) is 2.19. The highest BCUT2D eigenvalue weighted by Gasteiger charge is 2.14. The molecule has 1 aromatic heterocycles. The van der Waals surface area contributed by atoms with E-state index in [-0.39, 0.29) is 17.0 Å². The molecular weight excluding hydrogens is 312 g/mol. The van der Waals surface area contributed by atoms with Gasteiger partial charge in [-0.15, -0.1) is 0 Å². The zero-order chi connectivity index (χ0) is 14.0. The summed E-state index contributed by atoms with van der Waals surface area (Å²) >= 11 is 3.24. The number of carbonyl (C=O) groups is 1. The predicted octanol–water partition coefficient (Wildman–Crippen LogP) is 2.08. The van der Waals surface area contributed by atoms with E-state index in [1.807, 2.05) is 12.1 Å². The number of carboxylic acid groups (broad SMARTS) is 1. The normalized spacial score (nSPS) is 9.63. The number of carboxylic acids is 1. The zero-order valence-corrected chi connectivity index (χ0v) is 10.9. The van der Waals surface area contributed by atoms with Gasteiger partial charge in [-0.05, 0) is 34.1 Å². The molecule has 0 atom stereocenters. The van der Waals surface area contributed by atoms with E-state index in [2.05, 4.69) is 20.9 Å². The number of nitrogens with zero attached hydrogens (tertiary/aromatic N) is 4. The van der Waals surface area contributed by atoms with Gasteiger partial charge in [-0.1, -0.05) is 0 Å². The summed E-state index contributed by atoms with van der Waals surface area (Å²) in [4.78, 5) is 14.7. The maximum atomic E-state index is 10.8. The lowest BCUT2D eigenvalue weighted by Crippen LogP contribution is -2.01. The summed E-state index contributed by atoms with van der Waals surface area (Å²) in [6.45, 7) is 0. The van der Waals surface area contributed by atoms with Crippen LogP contribution in [0.2, 0.25) is 0 Å². The number of halogens is 1. The van der Waals surface area contributed by atoms with Gasteiger partial charge in [0.25, 0.3) is 0 Å². The second kappa shape index (κ2) is 4.92. The minimum Gasteiger partial charge on any atom is -0.478 e. The molecule has 6 nitrogen and oxygen atoms in total. The summed E-state index contributed by atoms with van der Waals surface area (Å²) in [5.41, 5.74) is 0.785. The smallest absolute Gasteiger partial charge is 0.335 e. The SMILES string of the molecule is N#Cc1ncn(-c2ccc(C(=O)O)cc2Br)c1C#N. The molecule has 0 spiro atoms. The first kappa shape index (κ1) is 12.8. The summed E-state index contributed by atoms with van der Waals surface area (Å²) in [6, 6.07) is 8.09. The maximum Gasteiger partial charge on any atom is 0.335 e. The average Bonchev–Trinajstić information content (AvgIpc) is 2.80. The molecule has 0 bridgehead atoms. The van der Waals surface area contributed by atoms with Crippen molar-refractivity contribution in [1.29, 1.82) is 10.5 Å². The zero-order valence-electron chi connectivity index (χ0n) is 9.33. The van der Waals surface area contributed by atoms with E-state index in [4.69, 9.17) is 15.6 Å². The highest BCUT2D eigenvalue weighted by Crippen LogP contribution is 2.24. The maximum absolute atomic E-state index is 10.8. The van der Waals surface area contributed by atoms with E-state index in [0.29, 0.717) is 10.2 Å². The van der Waals surface area contributed by atoms with Gasteiger partial charge < -0.3 is 5.11 Å². The van der Waals surface area contributed by atoms with Crippen LogP contribution in [0.5, 0.6) is 0 Å². The van der Waals surface area contributed by atoms with Crippen LogP contribution in [-0.4, -0.2) is 20.6 Å². The van der Waals surface area contributed by atoms with Crippen LogP contribution in [0, 0.1) is 22.7 Å². The first-order valence-corrected chi connectivity index (χ1v) is 5.78. The third-order valence-corrected chi connectivity index (χ3v) is 3.07. The van der Waals surface area contributed by atoms with Gasteiger partial charge in [0.05, 0.1) is 11.3 Å². The Morgan fingerprint density at radius 3 is 2.63 bits per heavy atom. The largest absolute Gasteiger partial charge is 0.478 e. The van der Waals surface area contributed by atoms with E-state index in [1.165, 1.54) is 29.1 Å². The molecule has 92 valence electrons. The summed E-state index contributed by atoms with van der Waals surface area (Å²) < 4.78 is 1.92. The lowest BCUT2D eigenvalue weighted by molar-refractivity contribution is 0.0697. The summed E-state index contributed by atoms with van der Waals surface area (Å²) in [7, 11) is 0. The molecule has 0 radical (unpaired) electrons. The van der Waals surface area contributed by atoms with E-state index in [0.717, 1.165) is 0 Å². The summed E-state index contributed by atoms with van der Waals surface area (Å²) in [5.74, 6) is -1.05. The molecule has 7 heteroatoms. The minimum absolute atomic E-state index is 0.0247. The Morgan fingerprint density at radius 1 is 1.37 bits per heavy atom. The van der Waals surface area contributed by atoms with Crippen LogP contribution >= 0.6 is 15.9 Å². The molecule has 2 aromatic rings. The standard InChI is InChI=1S/C12H5BrN4O2/c13-8-3-7(12(18)19)1-2-10(8)17-6-16-9(4-14)11(17)5-15/h1-3,6H,(H,18,19). The molecule has 0 aliphatic heterocycles. The Balaban J connectivity index is 2.61. The molecule has 0 aliphatic carbocycles. The van der Waals surface area contributed by atoms with Crippen LogP contribution in [0.25, 0.3) is 5.69 Å². The molecule has 1 N–H and O–H groups in total. The fraction of sp³-hybridized carbons (Fsp3) is 0. The van der Waals surface area contributed by atoms with E-state index in [9.17, 15) is 4.79 Å². The van der Waals surface area contributed by atoms with Gasteiger partial charge in [0, 0.05) is 4.47 Å². The first-order valence-electron chi connectivity index (χ1n) is 4.99. The van der Waals surface area contributed by atoms with Gasteiger partial charge in [0.1, 0.15) is 18.5 Å². The molecule has 0 saturated carbocycles. The molecule has 2 rings (SSSR count). The molecule has 1 aromatic carbocycles. The van der Waals surface area contributed by atoms with Crippen molar-refractivity contribution in [2.45, 2.75) is 0 Å². The van der Waals surface area contributed by atoms with Crippen molar-refractivity contribution in [3.63, 3.8) is 0 Å². The Labute approximate surface area is 116 Å². The van der Waals surface area contributed by atoms with Crippen LogP contribution in [0.15, 0.2) is 29.0 Å². The monoisotopic (exact) mass is 316 g/mol. The molecule has 0 amide bonds. The van der Waals surface area contributed by atoms with Crippen molar-refractivity contribution >= 4 is 21.9 Å². The highest BCUT2D eigenvalue weighted by molar-refractivity contribution is 9.10. The second-order valence-corrected chi connectivity index (χ2v) is 4.36. The number of hydrogen-bond donors (Lipinski definition) is 1. The van der Waals surface area contributed by atoms with Crippen LogP contribution in [-0.2, 0) is 0 Å². The number of benzene rings is 1. The van der Waals surface area contributed by atoms with Gasteiger partial charge in [0.2, 0.25) is 0 Å². The number of nitriles is 2. The summed E-state index contributed by atoms with van der Waals surface area (Å²) in [5, 5.41) is 26.8. The van der Waals surface area contributed by atoms with Crippen molar-refractivity contribution in [3.05, 3.63) is 46.0 Å². The summed E-state index contributed by atoms with van der Waals surface area (Å²) in [6.07, 6.45) is 1.34. The van der Waals surface area contributed by atoms with Crippen LogP contribution in [0.1, 0.15) is 21.7 Å². The molecular formula is C12H5BrN4O2. The quantitative estimate of drug-likeness (QED) is 0.913. The first-order chi connectivity index (χ1) is 9.08. The van der Waals surface area contributed by atoms with Gasteiger partial charge >= 0.3 is 5.97 Å². The molecule has 0 unspecified atom stereocenters. The Bertz CT molecular complexity index is 752. The number of hydrogen-bond acceptors (Lipinski definition) is 4. The number of aromatic nitrogens is 2. The average molecular weight is 317 g/mol. The fourth-order valence-corrected chi connectivity index (χ4v) is 2.12. The minimum atomic E-state index is -1.05. The molecule has 1 heterocycles. The number of rotatable bonds is 2. The van der Waals surface area contributed by atoms with Gasteiger partial charge in [0.15, 0.2) is 11.4 Å². The van der Waals surface area contributed by atoms with Crippen molar-refractivity contribution < 1.29 is 9.90 Å². The van der Waals surface area contributed by atoms with Crippen molar-refractivity contribution in [2.75, 3.05) is 0 Å². The van der Waals surface area contributed by atoms with Crippen LogP contribution in [0.4, 0.5) is 0 Å². The second-order valence-electron chi connectivity index (χ2n) is 3.51.